The van der Waals surface area contributed by atoms with E-state index in [2.05, 4.69) is 15.6 Å². The fourth-order valence-electron chi connectivity index (χ4n) is 1.50. The molecule has 0 bridgehead atoms. The van der Waals surface area contributed by atoms with Crippen LogP contribution < -0.4 is 15.4 Å². The zero-order chi connectivity index (χ0) is 14.5. The van der Waals surface area contributed by atoms with E-state index in [9.17, 15) is 9.59 Å². The molecule has 2 N–H and O–H groups in total. The van der Waals surface area contributed by atoms with Crippen molar-refractivity contribution in [3.8, 4) is 5.75 Å². The summed E-state index contributed by atoms with van der Waals surface area (Å²) in [5.41, 5.74) is 0.414. The van der Waals surface area contributed by atoms with Gasteiger partial charge in [-0.1, -0.05) is 23.4 Å². The summed E-state index contributed by atoms with van der Waals surface area (Å²) in [6.45, 7) is 0.649. The first kappa shape index (κ1) is 14.7. The van der Waals surface area contributed by atoms with Gasteiger partial charge in [0.1, 0.15) is 5.75 Å². The van der Waals surface area contributed by atoms with Crippen LogP contribution in [0.25, 0.3) is 0 Å². The van der Waals surface area contributed by atoms with Crippen molar-refractivity contribution in [2.45, 2.75) is 0 Å². The molecule has 0 atom stereocenters. The summed E-state index contributed by atoms with van der Waals surface area (Å²) in [7, 11) is 1.49. The van der Waals surface area contributed by atoms with Crippen LogP contribution in [0.4, 0.5) is 5.69 Å². The number of aliphatic imine (C=N–C) groups is 1. The van der Waals surface area contributed by atoms with E-state index in [4.69, 9.17) is 16.3 Å². The Hall–Kier alpha value is -1.73. The van der Waals surface area contributed by atoms with Gasteiger partial charge in [-0.3, -0.25) is 19.9 Å². The Kier molecular flexibility index (Phi) is 4.86. The van der Waals surface area contributed by atoms with Crippen molar-refractivity contribution in [1.82, 2.24) is 5.32 Å². The first-order valence-corrected chi connectivity index (χ1v) is 7.09. The molecule has 0 fully saturated rings. The van der Waals surface area contributed by atoms with E-state index in [0.29, 0.717) is 28.2 Å². The van der Waals surface area contributed by atoms with Gasteiger partial charge in [-0.2, -0.15) is 0 Å². The van der Waals surface area contributed by atoms with Gasteiger partial charge in [0.05, 0.1) is 18.7 Å². The molecule has 0 aliphatic carbocycles. The van der Waals surface area contributed by atoms with Gasteiger partial charge < -0.3 is 10.1 Å². The van der Waals surface area contributed by atoms with Crippen LogP contribution in [0.1, 0.15) is 0 Å². The largest absolute Gasteiger partial charge is 0.495 e. The van der Waals surface area contributed by atoms with Gasteiger partial charge in [0.25, 0.3) is 0 Å². The van der Waals surface area contributed by atoms with E-state index in [1.807, 2.05) is 0 Å². The minimum absolute atomic E-state index is 0.349. The number of carbonyl (C=O) groups excluding carboxylic acids is 2. The number of amides is 2. The molecule has 0 aromatic heterocycles. The molecule has 0 spiro atoms. The molecule has 0 saturated carbocycles. The van der Waals surface area contributed by atoms with Crippen LogP contribution in [0, 0.1) is 0 Å². The van der Waals surface area contributed by atoms with Crippen LogP contribution in [0.5, 0.6) is 5.75 Å². The van der Waals surface area contributed by atoms with Gasteiger partial charge in [-0.25, -0.2) is 0 Å². The van der Waals surface area contributed by atoms with Gasteiger partial charge in [0.2, 0.25) is 0 Å². The van der Waals surface area contributed by atoms with Crippen molar-refractivity contribution in [2.24, 2.45) is 4.99 Å². The van der Waals surface area contributed by atoms with Gasteiger partial charge in [-0.05, 0) is 18.2 Å². The summed E-state index contributed by atoms with van der Waals surface area (Å²) in [6, 6.07) is 4.71. The fourth-order valence-corrected chi connectivity index (χ4v) is 2.48. The number of methoxy groups -OCH3 is 1. The zero-order valence-corrected chi connectivity index (χ0v) is 12.2. The predicted molar refractivity (Wildman–Crippen MR) is 79.5 cm³/mol. The van der Waals surface area contributed by atoms with E-state index >= 15 is 0 Å². The van der Waals surface area contributed by atoms with Crippen LogP contribution in [0.2, 0.25) is 5.02 Å². The van der Waals surface area contributed by atoms with Crippen LogP contribution in [0.3, 0.4) is 0 Å². The number of ether oxygens (including phenoxy) is 1. The van der Waals surface area contributed by atoms with Crippen molar-refractivity contribution in [2.75, 3.05) is 24.7 Å². The molecule has 20 heavy (non-hydrogen) atoms. The van der Waals surface area contributed by atoms with Crippen LogP contribution in [-0.4, -0.2) is 36.4 Å². The average molecular weight is 314 g/mol. The molecule has 2 rings (SSSR count). The van der Waals surface area contributed by atoms with E-state index in [-0.39, 0.29) is 0 Å². The molecule has 1 aliphatic rings. The minimum atomic E-state index is -0.776. The lowest BCUT2D eigenvalue weighted by molar-refractivity contribution is -0.135. The number of thioether (sulfide) groups is 1. The lowest BCUT2D eigenvalue weighted by atomic mass is 10.3. The minimum Gasteiger partial charge on any atom is -0.495 e. The Balaban J connectivity index is 1.96. The summed E-state index contributed by atoms with van der Waals surface area (Å²) in [4.78, 5) is 27.4. The fraction of sp³-hybridized carbons (Fsp3) is 0.250. The third-order valence-corrected chi connectivity index (χ3v) is 3.61. The van der Waals surface area contributed by atoms with Gasteiger partial charge in [0, 0.05) is 11.4 Å². The van der Waals surface area contributed by atoms with Crippen LogP contribution in [-0.2, 0) is 9.59 Å². The molecule has 106 valence electrons. The summed E-state index contributed by atoms with van der Waals surface area (Å²) >= 11 is 7.33. The SMILES string of the molecule is COc1ccc(NC(=O)C(=O)NC2=NCCS2)cc1Cl. The molecule has 2 amide bonds. The maximum atomic E-state index is 11.7. The molecule has 8 heteroatoms. The first-order chi connectivity index (χ1) is 9.60. The second-order valence-corrected chi connectivity index (χ2v) is 5.28. The van der Waals surface area contributed by atoms with E-state index in [0.717, 1.165) is 5.75 Å². The smallest absolute Gasteiger partial charge is 0.315 e. The number of rotatable bonds is 2. The van der Waals surface area contributed by atoms with Crippen molar-refractivity contribution < 1.29 is 14.3 Å². The number of carbonyl (C=O) groups is 2. The molecule has 1 aliphatic heterocycles. The van der Waals surface area contributed by atoms with E-state index in [1.165, 1.54) is 24.9 Å². The lowest BCUT2D eigenvalue weighted by Gasteiger charge is -2.08. The third-order valence-electron chi connectivity index (χ3n) is 2.42. The Bertz CT molecular complexity index is 577. The quantitative estimate of drug-likeness (QED) is 0.811. The molecule has 0 saturated heterocycles. The van der Waals surface area contributed by atoms with Crippen LogP contribution in [0.15, 0.2) is 23.2 Å². The summed E-state index contributed by atoms with van der Waals surface area (Å²) < 4.78 is 5.00. The number of hydrogen-bond donors (Lipinski definition) is 2. The number of halogens is 1. The van der Waals surface area contributed by atoms with Gasteiger partial charge in [-0.15, -0.1) is 0 Å². The average Bonchev–Trinajstić information content (AvgIpc) is 2.91. The van der Waals surface area contributed by atoms with E-state index < -0.39 is 11.8 Å². The zero-order valence-electron chi connectivity index (χ0n) is 10.6. The highest BCUT2D eigenvalue weighted by atomic mass is 35.5. The highest BCUT2D eigenvalue weighted by molar-refractivity contribution is 8.14. The molecule has 6 nitrogen and oxygen atoms in total. The number of hydrogen-bond acceptors (Lipinski definition) is 5. The van der Waals surface area contributed by atoms with Crippen LogP contribution >= 0.6 is 23.4 Å². The Labute approximate surface area is 124 Å². The van der Waals surface area contributed by atoms with Crippen molar-refractivity contribution in [1.29, 1.82) is 0 Å². The highest BCUT2D eigenvalue weighted by Gasteiger charge is 2.18. The van der Waals surface area contributed by atoms with Crippen molar-refractivity contribution in [3.05, 3.63) is 23.2 Å². The number of nitrogens with one attached hydrogen (secondary N) is 2. The first-order valence-electron chi connectivity index (χ1n) is 5.73. The van der Waals surface area contributed by atoms with Gasteiger partial charge >= 0.3 is 11.8 Å². The second kappa shape index (κ2) is 6.62. The molecular formula is C12H12ClN3O3S. The Morgan fingerprint density at radius 1 is 1.35 bits per heavy atom. The van der Waals surface area contributed by atoms with Gasteiger partial charge in [0.15, 0.2) is 5.17 Å². The number of amidine groups is 1. The second-order valence-electron chi connectivity index (χ2n) is 3.79. The Morgan fingerprint density at radius 3 is 2.70 bits per heavy atom. The highest BCUT2D eigenvalue weighted by Crippen LogP contribution is 2.27. The summed E-state index contributed by atoms with van der Waals surface area (Å²) in [5.74, 6) is -0.233. The Morgan fingerprint density at radius 2 is 2.10 bits per heavy atom. The summed E-state index contributed by atoms with van der Waals surface area (Å²) in [5, 5.41) is 5.71. The maximum absolute atomic E-state index is 11.7. The topological polar surface area (TPSA) is 79.8 Å². The lowest BCUT2D eigenvalue weighted by Crippen LogP contribution is -2.37. The molecule has 1 heterocycles. The van der Waals surface area contributed by atoms with Crippen molar-refractivity contribution >= 4 is 46.0 Å². The maximum Gasteiger partial charge on any atom is 0.315 e. The van der Waals surface area contributed by atoms with E-state index in [1.54, 1.807) is 12.1 Å². The normalized spacial score (nSPS) is 13.6. The number of nitrogens with zero attached hydrogens (tertiary/aromatic N) is 1. The summed E-state index contributed by atoms with van der Waals surface area (Å²) in [6.07, 6.45) is 0. The van der Waals surface area contributed by atoms with Crippen molar-refractivity contribution in [3.63, 3.8) is 0 Å². The number of anilines is 1. The standard InChI is InChI=1S/C12H12ClN3O3S/c1-19-9-3-2-7(6-8(9)13)15-10(17)11(18)16-12-14-4-5-20-12/h2-3,6H,4-5H2,1H3,(H,15,17)(H,14,16,18). The molecule has 0 unspecified atom stereocenters. The third kappa shape index (κ3) is 3.64. The monoisotopic (exact) mass is 313 g/mol. The molecule has 0 radical (unpaired) electrons. The predicted octanol–water partition coefficient (Wildman–Crippen LogP) is 1.51. The molecule has 1 aromatic carbocycles. The molecule has 1 aromatic rings. The number of benzene rings is 1. The molecular weight excluding hydrogens is 302 g/mol.